The van der Waals surface area contributed by atoms with Crippen LogP contribution in [-0.4, -0.2) is 5.78 Å². The van der Waals surface area contributed by atoms with Crippen LogP contribution in [0.2, 0.25) is 0 Å². The second kappa shape index (κ2) is 5.77. The molecule has 0 saturated heterocycles. The molecule has 1 nitrogen and oxygen atoms in total. The lowest BCUT2D eigenvalue weighted by Crippen LogP contribution is -2.10. The van der Waals surface area contributed by atoms with Crippen LogP contribution in [0, 0.1) is 5.82 Å². The fraction of sp³-hybridized carbons (Fsp3) is 0.400. The smallest absolute Gasteiger partial charge is 0.289 e. The average Bonchev–Trinajstić information content (AvgIpc) is 2.39. The SMILES string of the molecule is O=C(C=C1CCCCC1)c1ccc(F)c(C(F)(F)F)c1. The summed E-state index contributed by atoms with van der Waals surface area (Å²) in [5.74, 6) is -1.85. The summed E-state index contributed by atoms with van der Waals surface area (Å²) in [4.78, 5) is 11.9. The van der Waals surface area contributed by atoms with Gasteiger partial charge in [-0.05, 0) is 50.0 Å². The molecule has 0 aromatic heterocycles. The molecule has 1 aromatic rings. The van der Waals surface area contributed by atoms with E-state index in [0.29, 0.717) is 12.1 Å². The van der Waals surface area contributed by atoms with Gasteiger partial charge in [0.1, 0.15) is 5.82 Å². The van der Waals surface area contributed by atoms with E-state index in [9.17, 15) is 22.4 Å². The summed E-state index contributed by atoms with van der Waals surface area (Å²) in [6.07, 6.45) is 1.32. The van der Waals surface area contributed by atoms with Crippen LogP contribution < -0.4 is 0 Å². The quantitative estimate of drug-likeness (QED) is 0.428. The van der Waals surface area contributed by atoms with Crippen molar-refractivity contribution in [1.29, 1.82) is 0 Å². The Balaban J connectivity index is 2.26. The van der Waals surface area contributed by atoms with Gasteiger partial charge in [0.15, 0.2) is 5.78 Å². The van der Waals surface area contributed by atoms with E-state index >= 15 is 0 Å². The number of rotatable bonds is 2. The lowest BCUT2D eigenvalue weighted by molar-refractivity contribution is -0.140. The Labute approximate surface area is 114 Å². The zero-order valence-corrected chi connectivity index (χ0v) is 10.8. The van der Waals surface area contributed by atoms with Crippen molar-refractivity contribution in [2.24, 2.45) is 0 Å². The molecule has 5 heteroatoms. The van der Waals surface area contributed by atoms with E-state index in [2.05, 4.69) is 0 Å². The molecule has 20 heavy (non-hydrogen) atoms. The van der Waals surface area contributed by atoms with Gasteiger partial charge in [-0.15, -0.1) is 0 Å². The lowest BCUT2D eigenvalue weighted by Gasteiger charge is -2.13. The Morgan fingerprint density at radius 1 is 1.10 bits per heavy atom. The summed E-state index contributed by atoms with van der Waals surface area (Å²) in [7, 11) is 0. The third kappa shape index (κ3) is 3.46. The fourth-order valence-corrected chi connectivity index (χ4v) is 2.31. The molecule has 0 aliphatic heterocycles. The van der Waals surface area contributed by atoms with E-state index in [1.165, 1.54) is 6.08 Å². The van der Waals surface area contributed by atoms with Gasteiger partial charge in [-0.3, -0.25) is 4.79 Å². The van der Waals surface area contributed by atoms with Gasteiger partial charge in [0.2, 0.25) is 0 Å². The van der Waals surface area contributed by atoms with Crippen molar-refractivity contribution in [3.63, 3.8) is 0 Å². The molecule has 0 spiro atoms. The van der Waals surface area contributed by atoms with E-state index in [1.807, 2.05) is 0 Å². The number of benzene rings is 1. The molecule has 1 saturated carbocycles. The molecule has 1 aliphatic carbocycles. The molecular formula is C15H14F4O. The van der Waals surface area contributed by atoms with Crippen LogP contribution in [0.25, 0.3) is 0 Å². The third-order valence-electron chi connectivity index (χ3n) is 3.39. The molecular weight excluding hydrogens is 272 g/mol. The highest BCUT2D eigenvalue weighted by molar-refractivity contribution is 6.05. The second-order valence-corrected chi connectivity index (χ2v) is 4.92. The average molecular weight is 286 g/mol. The topological polar surface area (TPSA) is 17.1 Å². The van der Waals surface area contributed by atoms with Crippen molar-refractivity contribution in [1.82, 2.24) is 0 Å². The fourth-order valence-electron chi connectivity index (χ4n) is 2.31. The van der Waals surface area contributed by atoms with Crippen LogP contribution >= 0.6 is 0 Å². The summed E-state index contributed by atoms with van der Waals surface area (Å²) in [5, 5.41) is 0. The molecule has 0 radical (unpaired) electrons. The predicted octanol–water partition coefficient (Wildman–Crippen LogP) is 4.92. The second-order valence-electron chi connectivity index (χ2n) is 4.92. The summed E-state index contributed by atoms with van der Waals surface area (Å²) < 4.78 is 50.9. The Morgan fingerprint density at radius 3 is 2.35 bits per heavy atom. The highest BCUT2D eigenvalue weighted by Crippen LogP contribution is 2.32. The van der Waals surface area contributed by atoms with E-state index in [-0.39, 0.29) is 5.56 Å². The van der Waals surface area contributed by atoms with Crippen LogP contribution in [0.5, 0.6) is 0 Å². The van der Waals surface area contributed by atoms with Gasteiger partial charge in [0.25, 0.3) is 0 Å². The first kappa shape index (κ1) is 14.8. The highest BCUT2D eigenvalue weighted by atomic mass is 19.4. The minimum atomic E-state index is -4.79. The predicted molar refractivity (Wildman–Crippen MR) is 66.9 cm³/mol. The summed E-state index contributed by atoms with van der Waals surface area (Å²) in [5.41, 5.74) is -0.568. The lowest BCUT2D eigenvalue weighted by atomic mass is 9.93. The number of halogens is 4. The Morgan fingerprint density at radius 2 is 1.75 bits per heavy atom. The Kier molecular flexibility index (Phi) is 4.26. The molecule has 0 atom stereocenters. The highest BCUT2D eigenvalue weighted by Gasteiger charge is 2.34. The van der Waals surface area contributed by atoms with Gasteiger partial charge in [-0.1, -0.05) is 12.0 Å². The molecule has 1 aliphatic rings. The zero-order chi connectivity index (χ0) is 14.8. The Bertz CT molecular complexity index is 535. The number of hydrogen-bond acceptors (Lipinski definition) is 1. The van der Waals surface area contributed by atoms with Crippen LogP contribution in [0.1, 0.15) is 48.0 Å². The number of carbonyl (C=O) groups is 1. The van der Waals surface area contributed by atoms with E-state index < -0.39 is 23.3 Å². The molecule has 1 fully saturated rings. The molecule has 1 aromatic carbocycles. The van der Waals surface area contributed by atoms with Crippen molar-refractivity contribution >= 4 is 5.78 Å². The molecule has 0 amide bonds. The van der Waals surface area contributed by atoms with Crippen molar-refractivity contribution in [2.45, 2.75) is 38.3 Å². The van der Waals surface area contributed by atoms with Gasteiger partial charge in [-0.25, -0.2) is 4.39 Å². The van der Waals surface area contributed by atoms with Crippen molar-refractivity contribution in [2.75, 3.05) is 0 Å². The van der Waals surface area contributed by atoms with Gasteiger partial charge in [-0.2, -0.15) is 13.2 Å². The first-order chi connectivity index (χ1) is 9.38. The maximum Gasteiger partial charge on any atom is 0.419 e. The van der Waals surface area contributed by atoms with Crippen LogP contribution in [0.3, 0.4) is 0 Å². The number of ketones is 1. The maximum atomic E-state index is 13.1. The zero-order valence-electron chi connectivity index (χ0n) is 10.8. The van der Waals surface area contributed by atoms with Crippen molar-refractivity contribution < 1.29 is 22.4 Å². The van der Waals surface area contributed by atoms with Crippen LogP contribution in [-0.2, 0) is 6.18 Å². The molecule has 108 valence electrons. The monoisotopic (exact) mass is 286 g/mol. The summed E-state index contributed by atoms with van der Waals surface area (Å²) in [6, 6.07) is 2.36. The summed E-state index contributed by atoms with van der Waals surface area (Å²) >= 11 is 0. The first-order valence-corrected chi connectivity index (χ1v) is 6.48. The third-order valence-corrected chi connectivity index (χ3v) is 3.39. The van der Waals surface area contributed by atoms with Crippen molar-refractivity contribution in [3.05, 3.63) is 46.8 Å². The standard InChI is InChI=1S/C15H14F4O/c16-13-7-6-11(9-12(13)15(17,18)19)14(20)8-10-4-2-1-3-5-10/h6-9H,1-5H2. The minimum absolute atomic E-state index is 0.128. The largest absolute Gasteiger partial charge is 0.419 e. The van der Waals surface area contributed by atoms with Crippen molar-refractivity contribution in [3.8, 4) is 0 Å². The molecule has 0 bridgehead atoms. The number of hydrogen-bond donors (Lipinski definition) is 0. The number of carbonyl (C=O) groups excluding carboxylic acids is 1. The molecule has 2 rings (SSSR count). The van der Waals surface area contributed by atoms with Gasteiger partial charge in [0.05, 0.1) is 5.56 Å². The molecule has 0 heterocycles. The molecule has 0 unspecified atom stereocenters. The van der Waals surface area contributed by atoms with Crippen LogP contribution in [0.15, 0.2) is 29.8 Å². The number of allylic oxidation sites excluding steroid dienone is 2. The van der Waals surface area contributed by atoms with E-state index in [0.717, 1.165) is 43.7 Å². The van der Waals surface area contributed by atoms with Gasteiger partial charge < -0.3 is 0 Å². The van der Waals surface area contributed by atoms with E-state index in [1.54, 1.807) is 0 Å². The number of alkyl halides is 3. The van der Waals surface area contributed by atoms with Gasteiger partial charge >= 0.3 is 6.18 Å². The summed E-state index contributed by atoms with van der Waals surface area (Å²) in [6.45, 7) is 0. The maximum absolute atomic E-state index is 13.1. The first-order valence-electron chi connectivity index (χ1n) is 6.48. The van der Waals surface area contributed by atoms with E-state index in [4.69, 9.17) is 0 Å². The molecule has 0 N–H and O–H groups in total. The Hall–Kier alpha value is -1.65. The van der Waals surface area contributed by atoms with Crippen LogP contribution in [0.4, 0.5) is 17.6 Å². The minimum Gasteiger partial charge on any atom is -0.289 e. The van der Waals surface area contributed by atoms with Gasteiger partial charge in [0, 0.05) is 5.56 Å². The normalized spacial score (nSPS) is 16.1.